The molecule has 9 rings (SSSR count). The molecule has 366 valence electrons. The average Bonchev–Trinajstić information content (AvgIpc) is 4.06. The Morgan fingerprint density at radius 3 is 1.67 bits per heavy atom. The van der Waals surface area contributed by atoms with Crippen LogP contribution in [0.5, 0.6) is 0 Å². The first kappa shape index (κ1) is 49.5. The molecule has 0 fully saturated rings. The van der Waals surface area contributed by atoms with E-state index in [2.05, 4.69) is 144 Å². The Labute approximate surface area is 414 Å². The first-order valence-electron chi connectivity index (χ1n) is 23.7. The predicted molar refractivity (Wildman–Crippen MR) is 275 cm³/mol. The summed E-state index contributed by atoms with van der Waals surface area (Å²) in [6.07, 6.45) is 5.59. The van der Waals surface area contributed by atoms with Gasteiger partial charge in [-0.1, -0.05) is 45.0 Å². The molecule has 5 aromatic heterocycles. The minimum atomic E-state index is -0.520. The molecular weight excluding hydrogens is 901 g/mol. The molecule has 3 N–H and O–H groups in total. The highest BCUT2D eigenvalue weighted by Crippen LogP contribution is 2.30. The van der Waals surface area contributed by atoms with E-state index in [0.717, 1.165) is 100.0 Å². The maximum atomic E-state index is 12.8. The molecule has 70 heavy (non-hydrogen) atoms. The Morgan fingerprint density at radius 1 is 0.657 bits per heavy atom. The van der Waals surface area contributed by atoms with Crippen LogP contribution >= 0.6 is 11.3 Å². The van der Waals surface area contributed by atoms with E-state index in [-0.39, 0.29) is 11.2 Å². The second kappa shape index (κ2) is 21.0. The van der Waals surface area contributed by atoms with Crippen LogP contribution in [-0.2, 0) is 49.3 Å². The smallest absolute Gasteiger partial charge is 0.407 e. The quantitative estimate of drug-likeness (QED) is 0.0984. The lowest BCUT2D eigenvalue weighted by molar-refractivity contribution is 0.0523. The summed E-state index contributed by atoms with van der Waals surface area (Å²) in [6, 6.07) is 20.3. The molecule has 17 nitrogen and oxygen atoms in total. The fourth-order valence-corrected chi connectivity index (χ4v) is 9.08. The number of likely N-dealkylation sites (N-methyl/N-ethyl adjacent to an activating group) is 2. The van der Waals surface area contributed by atoms with Crippen LogP contribution in [0.4, 0.5) is 28.1 Å². The topological polar surface area (TPSA) is 186 Å². The van der Waals surface area contributed by atoms with Crippen LogP contribution in [0.25, 0.3) is 22.5 Å². The van der Waals surface area contributed by atoms with E-state index in [1.807, 2.05) is 56.6 Å². The predicted octanol–water partition coefficient (Wildman–Crippen LogP) is 9.27. The highest BCUT2D eigenvalue weighted by Gasteiger charge is 2.22. The number of fused-ring (bicyclic) bond motifs is 2. The monoisotopic (exact) mass is 965 g/mol. The van der Waals surface area contributed by atoms with Crippen LogP contribution in [0.1, 0.15) is 96.3 Å². The number of hydrogen-bond acceptors (Lipinski definition) is 15. The lowest BCUT2D eigenvalue weighted by Gasteiger charge is -2.22. The van der Waals surface area contributed by atoms with Crippen LogP contribution in [0.3, 0.4) is 0 Å². The van der Waals surface area contributed by atoms with Crippen molar-refractivity contribution in [1.82, 2.24) is 59.6 Å². The first-order valence-corrected chi connectivity index (χ1v) is 24.5. The first-order chi connectivity index (χ1) is 33.3. The number of nitrogens with one attached hydrogen (secondary N) is 3. The number of aryl methyl sites for hydroxylation is 3. The highest BCUT2D eigenvalue weighted by atomic mass is 32.1. The van der Waals surface area contributed by atoms with E-state index in [1.54, 1.807) is 18.9 Å². The number of ether oxygens (including phenoxy) is 1. The molecule has 0 saturated carbocycles. The Kier molecular flexibility index (Phi) is 14.9. The van der Waals surface area contributed by atoms with E-state index in [9.17, 15) is 9.59 Å². The van der Waals surface area contributed by atoms with E-state index in [1.165, 1.54) is 28.3 Å². The van der Waals surface area contributed by atoms with Gasteiger partial charge in [0.25, 0.3) is 0 Å². The summed E-state index contributed by atoms with van der Waals surface area (Å²) in [7, 11) is 4.23. The van der Waals surface area contributed by atoms with Gasteiger partial charge in [0, 0.05) is 86.1 Å². The number of alkyl carbamates (subject to hydrolysis) is 1. The van der Waals surface area contributed by atoms with Crippen molar-refractivity contribution in [3.63, 3.8) is 0 Å². The second-order valence-corrected chi connectivity index (χ2v) is 21.2. The van der Waals surface area contributed by atoms with Gasteiger partial charge in [0.15, 0.2) is 17.4 Å². The molecule has 7 heterocycles. The summed E-state index contributed by atoms with van der Waals surface area (Å²) in [5, 5.41) is 19.7. The zero-order chi connectivity index (χ0) is 49.7. The number of ketones is 1. The number of rotatable bonds is 12. The van der Waals surface area contributed by atoms with Crippen molar-refractivity contribution in [2.24, 2.45) is 0 Å². The number of aromatic nitrogens is 9. The van der Waals surface area contributed by atoms with E-state index in [0.29, 0.717) is 31.0 Å². The van der Waals surface area contributed by atoms with Crippen molar-refractivity contribution in [2.75, 3.05) is 37.8 Å². The summed E-state index contributed by atoms with van der Waals surface area (Å²) >= 11 is 1.51. The van der Waals surface area contributed by atoms with Crippen LogP contribution in [-0.4, -0.2) is 98.9 Å². The number of hydrogen-bond donors (Lipinski definition) is 3. The Hall–Kier alpha value is -6.89. The van der Waals surface area contributed by atoms with Crippen molar-refractivity contribution in [2.45, 2.75) is 112 Å². The average molecular weight is 965 g/mol. The van der Waals surface area contributed by atoms with Gasteiger partial charge >= 0.3 is 6.09 Å². The third-order valence-electron chi connectivity index (χ3n) is 12.0. The lowest BCUT2D eigenvalue weighted by Crippen LogP contribution is -2.32. The van der Waals surface area contributed by atoms with Crippen molar-refractivity contribution in [1.29, 1.82) is 0 Å². The minimum absolute atomic E-state index is 0.0406. The Morgan fingerprint density at radius 2 is 1.19 bits per heavy atom. The van der Waals surface area contributed by atoms with E-state index < -0.39 is 11.7 Å². The number of carbonyl (C=O) groups excluding carboxylic acids is 2. The summed E-state index contributed by atoms with van der Waals surface area (Å²) in [5.41, 5.74) is 9.85. The van der Waals surface area contributed by atoms with E-state index in [4.69, 9.17) is 4.74 Å². The highest BCUT2D eigenvalue weighted by molar-refractivity contribution is 7.13. The van der Waals surface area contributed by atoms with Gasteiger partial charge in [-0.05, 0) is 89.5 Å². The standard InChI is InChI=1S/C28H33N7OS.C24H31N7O2/c1-18-12-20(7-6-19(18)8-9-23(36)24-15-29-27(37-24)28(2,3)4)22-14-25(31-17-30-22)32-26-13-21-16-34(5)10-11-35(21)33-26;1-16-10-17(6-7-18(16)13-25-23(32)33-24(2,3)4)20-12-21(27-15-26-20)28-22-11-19-14-30(5)8-9-31(19)29-22/h6-7,12-15,17H,8-11,16H2,1-5H3,(H,30,31,32,33);6-7,10-12,15H,8-9,13-14H2,1-5H3,(H,25,32)(H,26,27,28,29). The van der Waals surface area contributed by atoms with E-state index >= 15 is 0 Å². The van der Waals surface area contributed by atoms with Crippen LogP contribution < -0.4 is 16.0 Å². The van der Waals surface area contributed by atoms with Gasteiger partial charge in [-0.2, -0.15) is 10.2 Å². The SMILES string of the molecule is Cc1cc(-c2cc(Nc3cc4n(n3)CCN(C)C4)ncn2)ccc1CCC(=O)c1cnc(C(C)(C)C)s1.Cc1cc(-c2cc(Nc3cc4n(n3)CCN(C)C4)ncn2)ccc1CNC(=O)OC(C)(C)C. The fraction of sp³-hybridized carbons (Fsp3) is 0.404. The van der Waals surface area contributed by atoms with Gasteiger partial charge in [0.2, 0.25) is 0 Å². The molecule has 0 saturated heterocycles. The molecule has 0 radical (unpaired) electrons. The molecule has 18 heteroatoms. The zero-order valence-electron chi connectivity index (χ0n) is 41.9. The summed E-state index contributed by atoms with van der Waals surface area (Å²) in [6.45, 7) is 21.9. The summed E-state index contributed by atoms with van der Waals surface area (Å²) < 4.78 is 9.39. The van der Waals surface area contributed by atoms with Gasteiger partial charge in [0.1, 0.15) is 29.9 Å². The number of anilines is 4. The maximum absolute atomic E-state index is 12.8. The van der Waals surface area contributed by atoms with Crippen molar-refractivity contribution in [3.8, 4) is 22.5 Å². The van der Waals surface area contributed by atoms with Gasteiger partial charge in [-0.25, -0.2) is 29.7 Å². The fourth-order valence-electron chi connectivity index (χ4n) is 8.14. The number of nitrogens with zero attached hydrogens (tertiary/aromatic N) is 11. The van der Waals surface area contributed by atoms with Crippen molar-refractivity contribution < 1.29 is 14.3 Å². The maximum Gasteiger partial charge on any atom is 0.407 e. The third kappa shape index (κ3) is 12.8. The summed E-state index contributed by atoms with van der Waals surface area (Å²) in [5.74, 6) is 3.12. The normalized spacial score (nSPS) is 14.0. The van der Waals surface area contributed by atoms with Crippen molar-refractivity contribution >= 4 is 46.5 Å². The molecule has 7 aromatic rings. The number of benzene rings is 2. The summed E-state index contributed by atoms with van der Waals surface area (Å²) in [4.78, 5) is 52.1. The molecule has 1 amide bonds. The molecule has 0 spiro atoms. The van der Waals surface area contributed by atoms with Gasteiger partial charge in [-0.15, -0.1) is 11.3 Å². The molecule has 0 bridgehead atoms. The van der Waals surface area contributed by atoms with Crippen LogP contribution in [0.2, 0.25) is 0 Å². The number of carbonyl (C=O) groups is 2. The van der Waals surface area contributed by atoms with Crippen LogP contribution in [0, 0.1) is 13.8 Å². The molecule has 2 aromatic carbocycles. The number of amides is 1. The molecule has 0 aliphatic carbocycles. The van der Waals surface area contributed by atoms with Gasteiger partial charge in [-0.3, -0.25) is 24.0 Å². The second-order valence-electron chi connectivity index (χ2n) is 20.1. The minimum Gasteiger partial charge on any atom is -0.444 e. The zero-order valence-corrected chi connectivity index (χ0v) is 42.7. The molecule has 0 unspecified atom stereocenters. The largest absolute Gasteiger partial charge is 0.444 e. The van der Waals surface area contributed by atoms with Crippen molar-refractivity contribution in [3.05, 3.63) is 123 Å². The molecule has 2 aliphatic rings. The van der Waals surface area contributed by atoms with Gasteiger partial charge in [0.05, 0.1) is 45.7 Å². The molecular formula is C52H64N14O3S. The lowest BCUT2D eigenvalue weighted by atomic mass is 9.98. The van der Waals surface area contributed by atoms with Gasteiger partial charge < -0.3 is 20.7 Å². The molecule has 2 aliphatic heterocycles. The Balaban J connectivity index is 0.000000190. The van der Waals surface area contributed by atoms with Crippen LogP contribution in [0.15, 0.2) is 79.5 Å². The number of thiazole rings is 1. The Bertz CT molecular complexity index is 2980. The molecule has 0 atom stereocenters. The third-order valence-corrected chi connectivity index (χ3v) is 13.4. The number of Topliss-reactive ketones (excluding diaryl/α,β-unsaturated/α-hetero) is 1.